The number of allylic oxidation sites excluding steroid dienone is 2. The summed E-state index contributed by atoms with van der Waals surface area (Å²) in [7, 11) is 0. The first-order valence-corrected chi connectivity index (χ1v) is 5.48. The third-order valence-electron chi connectivity index (χ3n) is 3.04. The number of hydrogen-bond acceptors (Lipinski definition) is 0. The van der Waals surface area contributed by atoms with E-state index < -0.39 is 0 Å². The molecule has 2 aliphatic carbocycles. The smallest absolute Gasteiger partial charge is 0.00453 e. The summed E-state index contributed by atoms with van der Waals surface area (Å²) in [6, 6.07) is 0. The fraction of sp³-hybridized carbons (Fsp3) is 0.571. The monoisotopic (exact) mass is 184 g/mol. The molecule has 0 amide bonds. The molecule has 2 atom stereocenters. The van der Waals surface area contributed by atoms with Gasteiger partial charge in [0.15, 0.2) is 0 Å². The molecule has 0 radical (unpaired) electrons. The van der Waals surface area contributed by atoms with Crippen LogP contribution in [0.5, 0.6) is 0 Å². The third kappa shape index (κ3) is 2.02. The predicted octanol–water partition coefficient (Wildman–Crippen LogP) is 3.76. The van der Waals surface area contributed by atoms with Crippen LogP contribution in [-0.4, -0.2) is 0 Å². The summed E-state index contributed by atoms with van der Waals surface area (Å²) in [5, 5.41) is 0. The van der Waals surface area contributed by atoms with Crippen LogP contribution in [0.1, 0.15) is 39.5 Å². The van der Waals surface area contributed by atoms with Crippen molar-refractivity contribution in [2.75, 3.05) is 0 Å². The second-order valence-electron chi connectivity index (χ2n) is 4.45. The van der Waals surface area contributed by atoms with E-state index in [1.165, 1.54) is 31.3 Å². The van der Waals surface area contributed by atoms with E-state index in [2.05, 4.69) is 22.9 Å². The molecular formula is C14H16. The molecule has 0 aliphatic heterocycles. The van der Waals surface area contributed by atoms with Crippen molar-refractivity contribution < 1.29 is 0 Å². The zero-order valence-electron chi connectivity index (χ0n) is 8.98. The van der Waals surface area contributed by atoms with Gasteiger partial charge in [-0.05, 0) is 61.1 Å². The van der Waals surface area contributed by atoms with E-state index in [1.807, 2.05) is 13.8 Å². The van der Waals surface area contributed by atoms with Gasteiger partial charge in [-0.15, -0.1) is 0 Å². The van der Waals surface area contributed by atoms with E-state index in [1.54, 1.807) is 0 Å². The van der Waals surface area contributed by atoms with Crippen molar-refractivity contribution in [2.24, 2.45) is 11.8 Å². The quantitative estimate of drug-likeness (QED) is 0.503. The average Bonchev–Trinajstić information content (AvgIpc) is 2.86. The van der Waals surface area contributed by atoms with Gasteiger partial charge in [-0.2, -0.15) is 0 Å². The first-order chi connectivity index (χ1) is 6.79. The Labute approximate surface area is 86.0 Å². The molecule has 72 valence electrons. The highest BCUT2D eigenvalue weighted by Gasteiger charge is 2.44. The molecule has 0 aromatic carbocycles. The van der Waals surface area contributed by atoms with Crippen LogP contribution in [0.25, 0.3) is 0 Å². The van der Waals surface area contributed by atoms with Crippen LogP contribution >= 0.6 is 0 Å². The second-order valence-corrected chi connectivity index (χ2v) is 4.45. The minimum atomic E-state index is 0.852. The molecule has 2 fully saturated rings. The lowest BCUT2D eigenvalue weighted by atomic mass is 10.0. The Morgan fingerprint density at radius 3 is 2.29 bits per heavy atom. The molecule has 0 saturated heterocycles. The maximum absolute atomic E-state index is 3.23. The van der Waals surface area contributed by atoms with Gasteiger partial charge in [0.25, 0.3) is 0 Å². The van der Waals surface area contributed by atoms with Gasteiger partial charge in [0.2, 0.25) is 0 Å². The molecule has 0 spiro atoms. The van der Waals surface area contributed by atoms with Crippen LogP contribution in [0.15, 0.2) is 34.1 Å². The Morgan fingerprint density at radius 1 is 1.07 bits per heavy atom. The molecule has 0 aromatic rings. The van der Waals surface area contributed by atoms with Crippen LogP contribution < -0.4 is 0 Å². The zero-order valence-corrected chi connectivity index (χ0v) is 8.98. The van der Waals surface area contributed by atoms with Crippen molar-refractivity contribution in [3.05, 3.63) is 34.1 Å². The van der Waals surface area contributed by atoms with Gasteiger partial charge < -0.3 is 0 Å². The summed E-state index contributed by atoms with van der Waals surface area (Å²) in [4.78, 5) is 0. The van der Waals surface area contributed by atoms with Crippen LogP contribution in [0.2, 0.25) is 0 Å². The Balaban J connectivity index is 2.22. The highest BCUT2D eigenvalue weighted by atomic mass is 14.5. The summed E-state index contributed by atoms with van der Waals surface area (Å²) in [5.74, 6) is 1.70. The number of fused-ring (bicyclic) bond motifs is 1. The first-order valence-electron chi connectivity index (χ1n) is 5.48. The van der Waals surface area contributed by atoms with E-state index >= 15 is 0 Å². The van der Waals surface area contributed by atoms with Crippen LogP contribution in [0.3, 0.4) is 0 Å². The van der Waals surface area contributed by atoms with E-state index in [9.17, 15) is 0 Å². The molecule has 14 heavy (non-hydrogen) atoms. The van der Waals surface area contributed by atoms with Crippen LogP contribution in [-0.2, 0) is 0 Å². The fourth-order valence-electron chi connectivity index (χ4n) is 2.27. The maximum Gasteiger partial charge on any atom is -0.00453 e. The molecule has 2 unspecified atom stereocenters. The predicted molar refractivity (Wildman–Crippen MR) is 57.9 cm³/mol. The Kier molecular flexibility index (Phi) is 2.64. The molecule has 0 aromatic heterocycles. The normalized spacial score (nSPS) is 27.7. The molecule has 2 saturated carbocycles. The third-order valence-corrected chi connectivity index (χ3v) is 3.04. The van der Waals surface area contributed by atoms with E-state index in [4.69, 9.17) is 0 Å². The van der Waals surface area contributed by atoms with Gasteiger partial charge in [-0.1, -0.05) is 24.3 Å². The Bertz CT molecular complexity index is 381. The van der Waals surface area contributed by atoms with E-state index in [0.29, 0.717) is 0 Å². The standard InChI is InChI=1S/C14H16/c1-11(2)7-3-4-8-12-13-9-5-6-10-14(12)13/h13-14H,5-6,9-10H2,1-2H3. The zero-order chi connectivity index (χ0) is 9.97. The Morgan fingerprint density at radius 2 is 1.71 bits per heavy atom. The van der Waals surface area contributed by atoms with Crippen molar-refractivity contribution in [2.45, 2.75) is 39.5 Å². The maximum atomic E-state index is 3.23. The van der Waals surface area contributed by atoms with Gasteiger partial charge >= 0.3 is 0 Å². The SMILES string of the molecule is CC(C)=C=C=C=C=C1C2CCCCC12. The average molecular weight is 184 g/mol. The van der Waals surface area contributed by atoms with Crippen LogP contribution in [0.4, 0.5) is 0 Å². The lowest BCUT2D eigenvalue weighted by Crippen LogP contribution is -1.91. The first kappa shape index (κ1) is 9.42. The van der Waals surface area contributed by atoms with Gasteiger partial charge in [-0.3, -0.25) is 0 Å². The molecule has 0 N–H and O–H groups in total. The summed E-state index contributed by atoms with van der Waals surface area (Å²) in [5.41, 5.74) is 14.7. The van der Waals surface area contributed by atoms with Crippen LogP contribution in [0, 0.1) is 11.8 Å². The lowest BCUT2D eigenvalue weighted by Gasteiger charge is -2.03. The topological polar surface area (TPSA) is 0 Å². The molecule has 2 aliphatic rings. The summed E-state index contributed by atoms with van der Waals surface area (Å²) in [6.45, 7) is 4.03. The van der Waals surface area contributed by atoms with Crippen molar-refractivity contribution >= 4 is 0 Å². The molecule has 0 heterocycles. The van der Waals surface area contributed by atoms with Gasteiger partial charge in [0.05, 0.1) is 0 Å². The fourth-order valence-corrected chi connectivity index (χ4v) is 2.27. The highest BCUT2D eigenvalue weighted by Crippen LogP contribution is 2.54. The largest absolute Gasteiger partial charge is 0.0623 e. The van der Waals surface area contributed by atoms with Gasteiger partial charge in [-0.25, -0.2) is 0 Å². The molecule has 2 rings (SSSR count). The van der Waals surface area contributed by atoms with E-state index in [0.717, 1.165) is 17.4 Å². The van der Waals surface area contributed by atoms with Gasteiger partial charge in [0.1, 0.15) is 0 Å². The second kappa shape index (κ2) is 3.93. The number of rotatable bonds is 0. The molecule has 0 heteroatoms. The minimum Gasteiger partial charge on any atom is -0.0623 e. The van der Waals surface area contributed by atoms with Crippen molar-refractivity contribution in [1.82, 2.24) is 0 Å². The summed E-state index contributed by atoms with van der Waals surface area (Å²) in [6.07, 6.45) is 5.56. The minimum absolute atomic E-state index is 0.852. The summed E-state index contributed by atoms with van der Waals surface area (Å²) >= 11 is 0. The molecular weight excluding hydrogens is 168 g/mol. The van der Waals surface area contributed by atoms with Gasteiger partial charge in [0, 0.05) is 0 Å². The number of hydrogen-bond donors (Lipinski definition) is 0. The van der Waals surface area contributed by atoms with Crippen molar-refractivity contribution in [1.29, 1.82) is 0 Å². The van der Waals surface area contributed by atoms with E-state index in [-0.39, 0.29) is 0 Å². The molecule has 0 bridgehead atoms. The lowest BCUT2D eigenvalue weighted by molar-refractivity contribution is 0.480. The Hall–Kier alpha value is -1.14. The van der Waals surface area contributed by atoms with Crippen molar-refractivity contribution in [3.8, 4) is 0 Å². The molecule has 0 nitrogen and oxygen atoms in total. The highest BCUT2D eigenvalue weighted by molar-refractivity contribution is 5.29. The van der Waals surface area contributed by atoms with Crippen molar-refractivity contribution in [3.63, 3.8) is 0 Å². The summed E-state index contributed by atoms with van der Waals surface area (Å²) < 4.78 is 0.